The summed E-state index contributed by atoms with van der Waals surface area (Å²) in [4.78, 5) is 13.9. The molecule has 0 saturated carbocycles. The van der Waals surface area contributed by atoms with Crippen LogP contribution in [0.15, 0.2) is 54.6 Å². The van der Waals surface area contributed by atoms with Gasteiger partial charge in [-0.1, -0.05) is 61.5 Å². The Bertz CT molecular complexity index is 1040. The van der Waals surface area contributed by atoms with Gasteiger partial charge in [0.05, 0.1) is 12.6 Å². The molecule has 0 bridgehead atoms. The lowest BCUT2D eigenvalue weighted by Crippen LogP contribution is -2.31. The minimum absolute atomic E-state index is 0.0339. The van der Waals surface area contributed by atoms with E-state index in [9.17, 15) is 4.79 Å². The Labute approximate surface area is 193 Å². The van der Waals surface area contributed by atoms with Gasteiger partial charge in [0.25, 0.3) is 0 Å². The summed E-state index contributed by atoms with van der Waals surface area (Å²) >= 11 is 7.08. The molecule has 0 saturated heterocycles. The highest BCUT2D eigenvalue weighted by atomic mass is 32.1. The quantitative estimate of drug-likeness (QED) is 0.316. The summed E-state index contributed by atoms with van der Waals surface area (Å²) in [5.41, 5.74) is 4.85. The SMILES string of the molecule is CCOC(=O)c1c(NC(=S)NC(C)c2ccc(CC)cc2)sc(C)c1-c1ccccc1. The fraction of sp³-hybridized carbons (Fsp3) is 0.280. The molecule has 0 aliphatic heterocycles. The maximum Gasteiger partial charge on any atom is 0.341 e. The number of ether oxygens (including phenoxy) is 1. The molecule has 4 nitrogen and oxygen atoms in total. The Hall–Kier alpha value is -2.70. The van der Waals surface area contributed by atoms with Crippen molar-refractivity contribution in [1.29, 1.82) is 0 Å². The maximum absolute atomic E-state index is 12.8. The van der Waals surface area contributed by atoms with Gasteiger partial charge in [-0.05, 0) is 56.1 Å². The number of hydrogen-bond acceptors (Lipinski definition) is 4. The second-order valence-corrected chi connectivity index (χ2v) is 8.87. The zero-order valence-corrected chi connectivity index (χ0v) is 20.0. The Balaban J connectivity index is 1.84. The van der Waals surface area contributed by atoms with Crippen LogP contribution in [0.25, 0.3) is 11.1 Å². The molecule has 0 aliphatic rings. The molecule has 2 N–H and O–H groups in total. The maximum atomic E-state index is 12.8. The lowest BCUT2D eigenvalue weighted by atomic mass is 10.0. The highest BCUT2D eigenvalue weighted by Gasteiger charge is 2.25. The highest BCUT2D eigenvalue weighted by Crippen LogP contribution is 2.40. The standard InChI is InChI=1S/C25H28N2O2S2/c1-5-18-12-14-19(15-13-18)16(3)26-25(30)27-23-22(24(28)29-6-2)21(17(4)31-23)20-10-8-7-9-11-20/h7-16H,5-6H2,1-4H3,(H2,26,27,30). The van der Waals surface area contributed by atoms with Crippen molar-refractivity contribution in [2.75, 3.05) is 11.9 Å². The number of carbonyl (C=O) groups excluding carboxylic acids is 1. The molecule has 0 spiro atoms. The number of esters is 1. The molecule has 1 heterocycles. The summed E-state index contributed by atoms with van der Waals surface area (Å²) in [6, 6.07) is 18.4. The summed E-state index contributed by atoms with van der Waals surface area (Å²) in [7, 11) is 0. The third-order valence-corrected chi connectivity index (χ3v) is 6.33. The minimum atomic E-state index is -0.348. The number of anilines is 1. The van der Waals surface area contributed by atoms with Crippen LogP contribution in [0.2, 0.25) is 0 Å². The number of carbonyl (C=O) groups is 1. The van der Waals surface area contributed by atoms with Gasteiger partial charge in [0.1, 0.15) is 10.6 Å². The van der Waals surface area contributed by atoms with E-state index in [1.165, 1.54) is 16.9 Å². The average molecular weight is 453 g/mol. The topological polar surface area (TPSA) is 50.4 Å². The molecule has 0 radical (unpaired) electrons. The third-order valence-electron chi connectivity index (χ3n) is 5.09. The van der Waals surface area contributed by atoms with Gasteiger partial charge in [0, 0.05) is 10.4 Å². The fourth-order valence-electron chi connectivity index (χ4n) is 3.44. The Morgan fingerprint density at radius 3 is 2.39 bits per heavy atom. The van der Waals surface area contributed by atoms with Crippen molar-refractivity contribution in [1.82, 2.24) is 5.32 Å². The molecule has 1 aromatic heterocycles. The second kappa shape index (κ2) is 10.6. The number of aryl methyl sites for hydroxylation is 2. The lowest BCUT2D eigenvalue weighted by molar-refractivity contribution is 0.0529. The Morgan fingerprint density at radius 2 is 1.77 bits per heavy atom. The van der Waals surface area contributed by atoms with Crippen LogP contribution >= 0.6 is 23.6 Å². The number of thiocarbonyl (C=S) groups is 1. The Morgan fingerprint density at radius 1 is 1.10 bits per heavy atom. The lowest BCUT2D eigenvalue weighted by Gasteiger charge is -2.18. The van der Waals surface area contributed by atoms with Crippen LogP contribution in [-0.4, -0.2) is 17.7 Å². The molecule has 6 heteroatoms. The summed E-state index contributed by atoms with van der Waals surface area (Å²) in [5.74, 6) is -0.348. The van der Waals surface area contributed by atoms with Crippen LogP contribution in [0.4, 0.5) is 5.00 Å². The molecule has 0 amide bonds. The van der Waals surface area contributed by atoms with Crippen LogP contribution in [0.3, 0.4) is 0 Å². The van der Waals surface area contributed by atoms with E-state index < -0.39 is 0 Å². The normalized spacial score (nSPS) is 11.6. The minimum Gasteiger partial charge on any atom is -0.462 e. The summed E-state index contributed by atoms with van der Waals surface area (Å²) < 4.78 is 5.36. The number of nitrogens with one attached hydrogen (secondary N) is 2. The van der Waals surface area contributed by atoms with Crippen molar-refractivity contribution < 1.29 is 9.53 Å². The first-order valence-corrected chi connectivity index (χ1v) is 11.7. The van der Waals surface area contributed by atoms with Gasteiger partial charge >= 0.3 is 5.97 Å². The van der Waals surface area contributed by atoms with Crippen molar-refractivity contribution in [3.63, 3.8) is 0 Å². The van der Waals surface area contributed by atoms with E-state index in [0.29, 0.717) is 22.3 Å². The molecule has 0 fully saturated rings. The molecular formula is C25H28N2O2S2. The van der Waals surface area contributed by atoms with E-state index in [1.807, 2.05) is 44.2 Å². The van der Waals surface area contributed by atoms with Gasteiger partial charge in [-0.2, -0.15) is 0 Å². The van der Waals surface area contributed by atoms with Gasteiger partial charge in [-0.15, -0.1) is 11.3 Å². The van der Waals surface area contributed by atoms with Crippen molar-refractivity contribution in [2.24, 2.45) is 0 Å². The Kier molecular flexibility index (Phi) is 7.82. The smallest absolute Gasteiger partial charge is 0.341 e. The van der Waals surface area contributed by atoms with Gasteiger partial charge in [0.2, 0.25) is 0 Å². The predicted molar refractivity (Wildman–Crippen MR) is 134 cm³/mol. The third kappa shape index (κ3) is 5.51. The average Bonchev–Trinajstić information content (AvgIpc) is 3.09. The molecule has 162 valence electrons. The van der Waals surface area contributed by atoms with E-state index in [0.717, 1.165) is 28.0 Å². The van der Waals surface area contributed by atoms with Crippen LogP contribution in [0.1, 0.15) is 53.2 Å². The van der Waals surface area contributed by atoms with E-state index in [2.05, 4.69) is 48.7 Å². The number of hydrogen-bond donors (Lipinski definition) is 2. The summed E-state index contributed by atoms with van der Waals surface area (Å²) in [6.07, 6.45) is 1.01. The van der Waals surface area contributed by atoms with Crippen LogP contribution < -0.4 is 10.6 Å². The second-order valence-electron chi connectivity index (χ2n) is 7.24. The molecule has 31 heavy (non-hydrogen) atoms. The number of thiophene rings is 1. The molecule has 1 atom stereocenters. The highest BCUT2D eigenvalue weighted by molar-refractivity contribution is 7.80. The number of benzene rings is 2. The fourth-order valence-corrected chi connectivity index (χ4v) is 4.86. The molecule has 1 unspecified atom stereocenters. The van der Waals surface area contributed by atoms with Crippen LogP contribution in [-0.2, 0) is 11.2 Å². The summed E-state index contributed by atoms with van der Waals surface area (Å²) in [5, 5.41) is 7.73. The van der Waals surface area contributed by atoms with Crippen LogP contribution in [0, 0.1) is 6.92 Å². The van der Waals surface area contributed by atoms with E-state index in [-0.39, 0.29) is 12.0 Å². The zero-order chi connectivity index (χ0) is 22.4. The first-order valence-electron chi connectivity index (χ1n) is 10.5. The van der Waals surface area contributed by atoms with E-state index >= 15 is 0 Å². The van der Waals surface area contributed by atoms with Crippen molar-refractivity contribution in [3.8, 4) is 11.1 Å². The van der Waals surface area contributed by atoms with Gasteiger partial charge in [-0.3, -0.25) is 0 Å². The van der Waals surface area contributed by atoms with Crippen molar-refractivity contribution in [2.45, 2.75) is 40.2 Å². The largest absolute Gasteiger partial charge is 0.462 e. The number of rotatable bonds is 7. The van der Waals surface area contributed by atoms with Gasteiger partial charge in [-0.25, -0.2) is 4.79 Å². The van der Waals surface area contributed by atoms with Crippen LogP contribution in [0.5, 0.6) is 0 Å². The molecule has 2 aromatic carbocycles. The first-order chi connectivity index (χ1) is 14.9. The first kappa shape index (κ1) is 23.0. The van der Waals surface area contributed by atoms with E-state index in [1.54, 1.807) is 0 Å². The summed E-state index contributed by atoms with van der Waals surface area (Å²) in [6.45, 7) is 8.34. The molecular weight excluding hydrogens is 424 g/mol. The molecule has 3 rings (SSSR count). The molecule has 3 aromatic rings. The van der Waals surface area contributed by atoms with Crippen molar-refractivity contribution >= 4 is 39.6 Å². The zero-order valence-electron chi connectivity index (χ0n) is 18.3. The van der Waals surface area contributed by atoms with Gasteiger partial charge < -0.3 is 15.4 Å². The molecule has 0 aliphatic carbocycles. The van der Waals surface area contributed by atoms with E-state index in [4.69, 9.17) is 17.0 Å². The van der Waals surface area contributed by atoms with Gasteiger partial charge in [0.15, 0.2) is 5.11 Å². The monoisotopic (exact) mass is 452 g/mol. The van der Waals surface area contributed by atoms with Crippen molar-refractivity contribution in [3.05, 3.63) is 76.2 Å². The predicted octanol–water partition coefficient (Wildman–Crippen LogP) is 6.51.